The zero-order chi connectivity index (χ0) is 30.0. The summed E-state index contributed by atoms with van der Waals surface area (Å²) in [5.41, 5.74) is 0.493. The first-order valence-corrected chi connectivity index (χ1v) is 13.2. The van der Waals surface area contributed by atoms with Crippen molar-refractivity contribution >= 4 is 34.2 Å². The predicted molar refractivity (Wildman–Crippen MR) is 159 cm³/mol. The maximum absolute atomic E-state index is 13.6. The average Bonchev–Trinajstić information content (AvgIpc) is 2.97. The van der Waals surface area contributed by atoms with Crippen molar-refractivity contribution < 1.29 is 23.4 Å². The van der Waals surface area contributed by atoms with Crippen LogP contribution in [0.25, 0.3) is 22.0 Å². The quantitative estimate of drug-likeness (QED) is 0.210. The van der Waals surface area contributed by atoms with Gasteiger partial charge in [-0.3, -0.25) is 14.6 Å². The highest BCUT2D eigenvalue weighted by Crippen LogP contribution is 2.37. The lowest BCUT2D eigenvalue weighted by Crippen LogP contribution is -2.25. The molecule has 2 aromatic carbocycles. The van der Waals surface area contributed by atoms with Crippen LogP contribution in [0.5, 0.6) is 23.0 Å². The number of hydrogen-bond donors (Lipinski definition) is 1. The molecule has 0 fully saturated rings. The Morgan fingerprint density at radius 2 is 1.71 bits per heavy atom. The maximum Gasteiger partial charge on any atom is 0.262 e. The Hall–Kier alpha value is -4.96. The topological polar surface area (TPSA) is 105 Å². The number of methoxy groups -OCH3 is 2. The van der Waals surface area contributed by atoms with Gasteiger partial charge in [-0.15, -0.1) is 0 Å². The van der Waals surface area contributed by atoms with Gasteiger partial charge in [0.25, 0.3) is 5.91 Å². The molecule has 0 radical (unpaired) electrons. The van der Waals surface area contributed by atoms with Gasteiger partial charge >= 0.3 is 0 Å². The number of ether oxygens (including phenoxy) is 3. The molecule has 1 N–H and O–H groups in total. The van der Waals surface area contributed by atoms with Gasteiger partial charge in [0.1, 0.15) is 28.7 Å². The van der Waals surface area contributed by atoms with E-state index in [0.29, 0.717) is 39.5 Å². The summed E-state index contributed by atoms with van der Waals surface area (Å²) in [5.74, 6) is 1.02. The smallest absolute Gasteiger partial charge is 0.262 e. The van der Waals surface area contributed by atoms with E-state index >= 15 is 0 Å². The molecule has 0 saturated heterocycles. The van der Waals surface area contributed by atoms with Crippen molar-refractivity contribution in [1.82, 2.24) is 14.5 Å². The average molecular weight is 589 g/mol. The number of aromatic nitrogens is 3. The van der Waals surface area contributed by atoms with Gasteiger partial charge in [0, 0.05) is 47.2 Å². The monoisotopic (exact) mass is 588 g/mol. The maximum atomic E-state index is 13.6. The van der Waals surface area contributed by atoms with Crippen molar-refractivity contribution in [2.24, 2.45) is 0 Å². The number of halogens is 2. The highest BCUT2D eigenvalue weighted by molar-refractivity contribution is 6.33. The van der Waals surface area contributed by atoms with Gasteiger partial charge in [-0.25, -0.2) is 9.37 Å². The van der Waals surface area contributed by atoms with Crippen LogP contribution in [-0.4, -0.2) is 34.7 Å². The second-order valence-corrected chi connectivity index (χ2v) is 9.96. The Morgan fingerprint density at radius 3 is 2.38 bits per heavy atom. The van der Waals surface area contributed by atoms with Crippen molar-refractivity contribution in [2.45, 2.75) is 19.9 Å². The number of amides is 1. The third kappa shape index (κ3) is 5.75. The number of hydrogen-bond acceptors (Lipinski definition) is 7. The molecule has 1 amide bonds. The van der Waals surface area contributed by atoms with Gasteiger partial charge in [0.2, 0.25) is 5.43 Å². The number of carbonyl (C=O) groups is 1. The van der Waals surface area contributed by atoms with Crippen LogP contribution in [0.3, 0.4) is 0 Å². The summed E-state index contributed by atoms with van der Waals surface area (Å²) in [5, 5.41) is 3.43. The van der Waals surface area contributed by atoms with Crippen LogP contribution in [-0.2, 0) is 0 Å². The van der Waals surface area contributed by atoms with E-state index in [0.717, 1.165) is 6.07 Å². The van der Waals surface area contributed by atoms with Gasteiger partial charge in [0.15, 0.2) is 11.5 Å². The number of pyridine rings is 3. The molecule has 5 rings (SSSR count). The summed E-state index contributed by atoms with van der Waals surface area (Å²) in [7, 11) is 3.09. The molecule has 11 heteroatoms. The lowest BCUT2D eigenvalue weighted by atomic mass is 10.0. The Balaban J connectivity index is 1.40. The first-order chi connectivity index (χ1) is 20.2. The lowest BCUT2D eigenvalue weighted by molar-refractivity contribution is 0.102. The number of nitrogens with zero attached hydrogens (tertiary/aromatic N) is 3. The SMILES string of the molecule is COc1cc2nccc(Oc3ccc(NC(=O)c4cn(C(C)C)cc(-c5ccc(F)cc5Cl)c4=O)nc3)c2cc1OC. The number of rotatable bonds is 8. The number of fused-ring (bicyclic) bond motifs is 1. The zero-order valence-corrected chi connectivity index (χ0v) is 23.9. The molecule has 42 heavy (non-hydrogen) atoms. The van der Waals surface area contributed by atoms with Crippen LogP contribution in [0.2, 0.25) is 5.02 Å². The van der Waals surface area contributed by atoms with Crippen LogP contribution in [0.4, 0.5) is 10.2 Å². The van der Waals surface area contributed by atoms with E-state index in [1.165, 1.54) is 24.5 Å². The molecule has 3 heterocycles. The molecule has 0 aliphatic rings. The number of carbonyl (C=O) groups excluding carboxylic acids is 1. The van der Waals surface area contributed by atoms with Crippen molar-refractivity contribution in [1.29, 1.82) is 0 Å². The number of nitrogens with one attached hydrogen (secondary N) is 1. The summed E-state index contributed by atoms with van der Waals surface area (Å²) in [6.45, 7) is 3.81. The molecule has 0 saturated carbocycles. The summed E-state index contributed by atoms with van der Waals surface area (Å²) >= 11 is 6.24. The highest BCUT2D eigenvalue weighted by atomic mass is 35.5. The largest absolute Gasteiger partial charge is 0.493 e. The van der Waals surface area contributed by atoms with Crippen molar-refractivity contribution in [2.75, 3.05) is 19.5 Å². The molecule has 3 aromatic heterocycles. The second-order valence-electron chi connectivity index (χ2n) is 9.55. The Kier molecular flexibility index (Phi) is 8.08. The number of benzene rings is 2. The fourth-order valence-corrected chi connectivity index (χ4v) is 4.59. The van der Waals surface area contributed by atoms with Crippen LogP contribution in [0.15, 0.2) is 78.1 Å². The molecule has 0 spiro atoms. The Morgan fingerprint density at radius 1 is 0.952 bits per heavy atom. The van der Waals surface area contributed by atoms with Crippen molar-refractivity contribution in [3.63, 3.8) is 0 Å². The number of anilines is 1. The Labute approximate surface area is 245 Å². The summed E-state index contributed by atoms with van der Waals surface area (Å²) in [6.07, 6.45) is 6.13. The minimum atomic E-state index is -0.656. The second kappa shape index (κ2) is 11.9. The van der Waals surface area contributed by atoms with Crippen LogP contribution >= 0.6 is 11.6 Å². The van der Waals surface area contributed by atoms with Gasteiger partial charge in [-0.2, -0.15) is 0 Å². The highest BCUT2D eigenvalue weighted by Gasteiger charge is 2.19. The molecule has 5 aromatic rings. The fraction of sp³-hybridized carbons (Fsp3) is 0.161. The third-order valence-corrected chi connectivity index (χ3v) is 6.83. The van der Waals surface area contributed by atoms with E-state index in [-0.39, 0.29) is 28.0 Å². The molecule has 9 nitrogen and oxygen atoms in total. The standard InChI is InChI=1S/C31H26ClFN4O5/c1-17(2)37-15-22(20-7-5-18(33)11-24(20)32)30(38)23(16-37)31(39)36-29-8-6-19(14-35-29)42-26-9-10-34-25-13-28(41-4)27(40-3)12-21(25)26/h5-17H,1-4H3,(H,35,36,39). The van der Waals surface area contributed by atoms with Crippen LogP contribution < -0.4 is 25.0 Å². The zero-order valence-electron chi connectivity index (χ0n) is 23.1. The van der Waals surface area contributed by atoms with Crippen LogP contribution in [0.1, 0.15) is 30.2 Å². The third-order valence-electron chi connectivity index (χ3n) is 6.52. The van der Waals surface area contributed by atoms with Gasteiger partial charge in [-0.1, -0.05) is 11.6 Å². The molecule has 0 bridgehead atoms. The summed E-state index contributed by atoms with van der Waals surface area (Å²) in [6, 6.07) is 12.1. The minimum Gasteiger partial charge on any atom is -0.493 e. The minimum absolute atomic E-state index is 0.0665. The van der Waals surface area contributed by atoms with Crippen molar-refractivity contribution in [3.05, 3.63) is 99.9 Å². The van der Waals surface area contributed by atoms with Crippen LogP contribution in [0, 0.1) is 5.82 Å². The molecule has 0 atom stereocenters. The predicted octanol–water partition coefficient (Wildman–Crippen LogP) is 6.89. The van der Waals surface area contributed by atoms with Gasteiger partial charge < -0.3 is 24.1 Å². The lowest BCUT2D eigenvalue weighted by Gasteiger charge is -2.16. The van der Waals surface area contributed by atoms with E-state index < -0.39 is 17.2 Å². The molecule has 0 aliphatic carbocycles. The molecular formula is C31H26ClFN4O5. The van der Waals surface area contributed by atoms with E-state index in [9.17, 15) is 14.0 Å². The molecular weight excluding hydrogens is 563 g/mol. The summed E-state index contributed by atoms with van der Waals surface area (Å²) in [4.78, 5) is 35.3. The van der Waals surface area contributed by atoms with Crippen molar-refractivity contribution in [3.8, 4) is 34.1 Å². The van der Waals surface area contributed by atoms with E-state index in [2.05, 4.69) is 15.3 Å². The molecule has 214 valence electrons. The Bertz CT molecular complexity index is 1860. The first kappa shape index (κ1) is 28.6. The normalized spacial score (nSPS) is 11.0. The summed E-state index contributed by atoms with van der Waals surface area (Å²) < 4.78 is 32.2. The fourth-order valence-electron chi connectivity index (χ4n) is 4.32. The molecule has 0 unspecified atom stereocenters. The van der Waals surface area contributed by atoms with Gasteiger partial charge in [0.05, 0.1) is 31.0 Å². The first-order valence-electron chi connectivity index (χ1n) is 12.9. The molecule has 0 aliphatic heterocycles. The van der Waals surface area contributed by atoms with E-state index in [4.69, 9.17) is 25.8 Å². The van der Waals surface area contributed by atoms with E-state index in [1.807, 2.05) is 13.8 Å². The van der Waals surface area contributed by atoms with Gasteiger partial charge in [-0.05, 0) is 56.3 Å². The van der Waals surface area contributed by atoms with E-state index in [1.54, 1.807) is 61.5 Å².